The average Bonchev–Trinajstić information content (AvgIpc) is 2.57. The van der Waals surface area contributed by atoms with Crippen LogP contribution in [0.3, 0.4) is 0 Å². The summed E-state index contributed by atoms with van der Waals surface area (Å²) in [7, 11) is 0. The predicted molar refractivity (Wildman–Crippen MR) is 63.1 cm³/mol. The summed E-state index contributed by atoms with van der Waals surface area (Å²) in [5, 5.41) is 3.09. The van der Waals surface area contributed by atoms with Gasteiger partial charge >= 0.3 is 0 Å². The molecule has 16 heavy (non-hydrogen) atoms. The number of nitrogens with one attached hydrogen (secondary N) is 1. The molecule has 2 nitrogen and oxygen atoms in total. The van der Waals surface area contributed by atoms with Gasteiger partial charge in [0.05, 0.1) is 17.4 Å². The van der Waals surface area contributed by atoms with Crippen molar-refractivity contribution in [2.24, 2.45) is 0 Å². The van der Waals surface area contributed by atoms with Gasteiger partial charge < -0.3 is 10.1 Å². The van der Waals surface area contributed by atoms with Gasteiger partial charge in [-0.1, -0.05) is 12.1 Å². The summed E-state index contributed by atoms with van der Waals surface area (Å²) in [5.74, 6) is -0.209. The molecule has 1 aromatic rings. The lowest BCUT2D eigenvalue weighted by Crippen LogP contribution is -2.25. The fourth-order valence-corrected chi connectivity index (χ4v) is 2.05. The Morgan fingerprint density at radius 2 is 2.19 bits per heavy atom. The Labute approximate surface area is 95.8 Å². The minimum Gasteiger partial charge on any atom is -0.380 e. The van der Waals surface area contributed by atoms with Crippen molar-refractivity contribution in [3.63, 3.8) is 0 Å². The molecule has 1 heterocycles. The summed E-state index contributed by atoms with van der Waals surface area (Å²) in [4.78, 5) is 0. The number of anilines is 1. The summed E-state index contributed by atoms with van der Waals surface area (Å²) in [6.07, 6.45) is 2.29. The maximum atomic E-state index is 13.3. The van der Waals surface area contributed by atoms with Gasteiger partial charge in [-0.15, -0.1) is 0 Å². The van der Waals surface area contributed by atoms with Crippen LogP contribution in [0.4, 0.5) is 10.1 Å². The van der Waals surface area contributed by atoms with Crippen LogP contribution in [0.25, 0.3) is 0 Å². The lowest BCUT2D eigenvalue weighted by Gasteiger charge is -2.19. The summed E-state index contributed by atoms with van der Waals surface area (Å²) in [6.45, 7) is 4.86. The monoisotopic (exact) mass is 223 g/mol. The molecule has 0 spiro atoms. The molecule has 1 atom stereocenters. The highest BCUT2D eigenvalue weighted by atomic mass is 19.1. The zero-order valence-corrected chi connectivity index (χ0v) is 9.79. The molecule has 3 heteroatoms. The number of hydrogen-bond acceptors (Lipinski definition) is 2. The zero-order valence-electron chi connectivity index (χ0n) is 9.79. The molecule has 1 fully saturated rings. The topological polar surface area (TPSA) is 21.3 Å². The molecule has 1 saturated heterocycles. The van der Waals surface area contributed by atoms with E-state index in [1.54, 1.807) is 12.1 Å². The van der Waals surface area contributed by atoms with E-state index in [0.29, 0.717) is 12.2 Å². The van der Waals surface area contributed by atoms with Gasteiger partial charge in [-0.3, -0.25) is 0 Å². The molecule has 1 aliphatic heterocycles. The second kappa shape index (κ2) is 4.42. The molecule has 88 valence electrons. The summed E-state index contributed by atoms with van der Waals surface area (Å²) < 4.78 is 19.1. The normalized spacial score (nSPS) is 23.3. The highest BCUT2D eigenvalue weighted by molar-refractivity contribution is 5.44. The minimum atomic E-state index is -0.209. The van der Waals surface area contributed by atoms with E-state index < -0.39 is 0 Å². The first kappa shape index (κ1) is 11.4. The maximum absolute atomic E-state index is 13.3. The van der Waals surface area contributed by atoms with E-state index in [-0.39, 0.29) is 17.5 Å². The largest absolute Gasteiger partial charge is 0.380 e. The molecule has 0 bridgehead atoms. The van der Waals surface area contributed by atoms with Crippen molar-refractivity contribution in [2.45, 2.75) is 38.4 Å². The van der Waals surface area contributed by atoms with Crippen LogP contribution in [0.5, 0.6) is 0 Å². The van der Waals surface area contributed by atoms with Gasteiger partial charge in [-0.25, -0.2) is 4.39 Å². The Balaban J connectivity index is 1.87. The average molecular weight is 223 g/mol. The van der Waals surface area contributed by atoms with E-state index in [1.807, 2.05) is 6.07 Å². The van der Waals surface area contributed by atoms with Crippen LogP contribution < -0.4 is 5.32 Å². The lowest BCUT2D eigenvalue weighted by atomic mass is 10.1. The van der Waals surface area contributed by atoms with Gasteiger partial charge in [0.25, 0.3) is 0 Å². The first-order chi connectivity index (χ1) is 7.57. The quantitative estimate of drug-likeness (QED) is 0.849. The number of rotatable bonds is 3. The van der Waals surface area contributed by atoms with Crippen molar-refractivity contribution < 1.29 is 9.13 Å². The first-order valence-electron chi connectivity index (χ1n) is 5.73. The van der Waals surface area contributed by atoms with Gasteiger partial charge in [0.15, 0.2) is 0 Å². The minimum absolute atomic E-state index is 0.0262. The fourth-order valence-electron chi connectivity index (χ4n) is 2.05. The van der Waals surface area contributed by atoms with Gasteiger partial charge in [0.1, 0.15) is 5.82 Å². The van der Waals surface area contributed by atoms with Crippen LogP contribution in [0.15, 0.2) is 24.3 Å². The molecule has 0 aliphatic carbocycles. The van der Waals surface area contributed by atoms with Crippen LogP contribution in [-0.4, -0.2) is 18.2 Å². The van der Waals surface area contributed by atoms with E-state index in [0.717, 1.165) is 12.8 Å². The van der Waals surface area contributed by atoms with Crippen molar-refractivity contribution in [3.8, 4) is 0 Å². The van der Waals surface area contributed by atoms with Crippen molar-refractivity contribution >= 4 is 5.69 Å². The van der Waals surface area contributed by atoms with Crippen molar-refractivity contribution in [3.05, 3.63) is 30.1 Å². The van der Waals surface area contributed by atoms with Crippen LogP contribution in [0.1, 0.15) is 26.7 Å². The van der Waals surface area contributed by atoms with Crippen LogP contribution >= 0.6 is 0 Å². The first-order valence-corrected chi connectivity index (χ1v) is 5.73. The third-order valence-electron chi connectivity index (χ3n) is 2.95. The van der Waals surface area contributed by atoms with Crippen molar-refractivity contribution in [2.75, 3.05) is 11.9 Å². The zero-order chi connectivity index (χ0) is 11.6. The summed E-state index contributed by atoms with van der Waals surface area (Å²) >= 11 is 0. The number of halogens is 1. The third-order valence-corrected chi connectivity index (χ3v) is 2.95. The summed E-state index contributed by atoms with van der Waals surface area (Å²) in [6, 6.07) is 6.72. The lowest BCUT2D eigenvalue weighted by molar-refractivity contribution is -0.00912. The standard InChI is InChI=1S/C13H18FNO/c1-13(2)8-7-10(16-13)9-15-12-6-4-3-5-11(12)14/h3-6,10,15H,7-9H2,1-2H3. The second-order valence-electron chi connectivity index (χ2n) is 4.90. The molecule has 1 unspecified atom stereocenters. The van der Waals surface area contributed by atoms with Gasteiger partial charge in [0, 0.05) is 6.54 Å². The molecular weight excluding hydrogens is 205 g/mol. The predicted octanol–water partition coefficient (Wildman–Crippen LogP) is 3.20. The fraction of sp³-hybridized carbons (Fsp3) is 0.538. The second-order valence-corrected chi connectivity index (χ2v) is 4.90. The number of para-hydroxylation sites is 1. The van der Waals surface area contributed by atoms with E-state index in [1.165, 1.54) is 6.07 Å². The van der Waals surface area contributed by atoms with Crippen LogP contribution in [0, 0.1) is 5.82 Å². The van der Waals surface area contributed by atoms with E-state index in [4.69, 9.17) is 4.74 Å². The Morgan fingerprint density at radius 3 is 2.81 bits per heavy atom. The Kier molecular flexibility index (Phi) is 3.15. The van der Waals surface area contributed by atoms with Gasteiger partial charge in [0.2, 0.25) is 0 Å². The molecule has 1 aliphatic rings. The smallest absolute Gasteiger partial charge is 0.146 e. The molecule has 2 rings (SSSR count). The summed E-state index contributed by atoms with van der Waals surface area (Å²) in [5.41, 5.74) is 0.525. The van der Waals surface area contributed by atoms with Crippen LogP contribution in [0.2, 0.25) is 0 Å². The maximum Gasteiger partial charge on any atom is 0.146 e. The Hall–Kier alpha value is -1.09. The third kappa shape index (κ3) is 2.73. The molecule has 1 N–H and O–H groups in total. The molecular formula is C13H18FNO. The van der Waals surface area contributed by atoms with Crippen LogP contribution in [-0.2, 0) is 4.74 Å². The van der Waals surface area contributed by atoms with Gasteiger partial charge in [-0.05, 0) is 38.8 Å². The highest BCUT2D eigenvalue weighted by Crippen LogP contribution is 2.29. The van der Waals surface area contributed by atoms with E-state index in [2.05, 4.69) is 19.2 Å². The molecule has 0 aromatic heterocycles. The van der Waals surface area contributed by atoms with Crippen molar-refractivity contribution in [1.29, 1.82) is 0 Å². The molecule has 0 amide bonds. The van der Waals surface area contributed by atoms with E-state index >= 15 is 0 Å². The molecule has 0 radical (unpaired) electrons. The number of benzene rings is 1. The SMILES string of the molecule is CC1(C)CCC(CNc2ccccc2F)O1. The Bertz CT molecular complexity index is 365. The molecule has 0 saturated carbocycles. The molecule has 1 aromatic carbocycles. The Morgan fingerprint density at radius 1 is 1.44 bits per heavy atom. The van der Waals surface area contributed by atoms with Gasteiger partial charge in [-0.2, -0.15) is 0 Å². The van der Waals surface area contributed by atoms with E-state index in [9.17, 15) is 4.39 Å². The highest BCUT2D eigenvalue weighted by Gasteiger charge is 2.31. The number of ether oxygens (including phenoxy) is 1. The number of hydrogen-bond donors (Lipinski definition) is 1. The van der Waals surface area contributed by atoms with Crippen molar-refractivity contribution in [1.82, 2.24) is 0 Å².